The number of carbonyl (C=O) groups is 1. The van der Waals surface area contributed by atoms with Crippen LogP contribution in [0.15, 0.2) is 0 Å². The Morgan fingerprint density at radius 3 is 2.11 bits per heavy atom. The Labute approximate surface area is 122 Å². The zero-order chi connectivity index (χ0) is 14.2. The highest BCUT2D eigenvalue weighted by Crippen LogP contribution is 2.11. The maximum absolute atomic E-state index is 10.3. The molecule has 0 fully saturated rings. The minimum atomic E-state index is -0.700. The summed E-state index contributed by atoms with van der Waals surface area (Å²) in [6, 6.07) is 0. The summed E-state index contributed by atoms with van der Waals surface area (Å²) in [6.07, 6.45) is 12.3. The molecule has 0 spiro atoms. The molecular formula is C16H28O2S. The van der Waals surface area contributed by atoms with Crippen molar-refractivity contribution in [3.63, 3.8) is 0 Å². The number of aliphatic carboxylic acids is 1. The van der Waals surface area contributed by atoms with E-state index in [1.807, 2.05) is 0 Å². The van der Waals surface area contributed by atoms with Crippen LogP contribution in [0.25, 0.3) is 0 Å². The maximum Gasteiger partial charge on any atom is 0.313 e. The smallest absolute Gasteiger partial charge is 0.313 e. The Bertz CT molecular complexity index is 266. The summed E-state index contributed by atoms with van der Waals surface area (Å²) in [5.74, 6) is 6.82. The number of rotatable bonds is 12. The minimum Gasteiger partial charge on any atom is -0.481 e. The van der Waals surface area contributed by atoms with Crippen LogP contribution in [0, 0.1) is 11.8 Å². The third kappa shape index (κ3) is 17.4. The summed E-state index contributed by atoms with van der Waals surface area (Å²) in [5.41, 5.74) is 0. The van der Waals surface area contributed by atoms with Crippen molar-refractivity contribution in [3.05, 3.63) is 0 Å². The van der Waals surface area contributed by atoms with Crippen molar-refractivity contribution in [2.75, 3.05) is 11.5 Å². The fourth-order valence-electron chi connectivity index (χ4n) is 1.85. The standard InChI is InChI=1S/C16H28O2S/c1-2-3-4-5-6-7-8-9-10-11-12-13-14-19-15-16(17)18/h2,5-15H2,1H3,(H,17,18). The van der Waals surface area contributed by atoms with Gasteiger partial charge in [-0.25, -0.2) is 0 Å². The van der Waals surface area contributed by atoms with Crippen molar-refractivity contribution >= 4 is 17.7 Å². The van der Waals surface area contributed by atoms with Crippen molar-refractivity contribution in [1.82, 2.24) is 0 Å². The lowest BCUT2D eigenvalue weighted by molar-refractivity contribution is -0.133. The Balaban J connectivity index is 3.01. The highest BCUT2D eigenvalue weighted by atomic mass is 32.2. The van der Waals surface area contributed by atoms with Crippen LogP contribution in [0.1, 0.15) is 71.1 Å². The predicted octanol–water partition coefficient (Wildman–Crippen LogP) is 4.73. The van der Waals surface area contributed by atoms with Crippen molar-refractivity contribution in [2.45, 2.75) is 71.1 Å². The lowest BCUT2D eigenvalue weighted by Crippen LogP contribution is -1.98. The Morgan fingerprint density at radius 2 is 1.53 bits per heavy atom. The first-order chi connectivity index (χ1) is 9.27. The normalized spacial score (nSPS) is 9.95. The summed E-state index contributed by atoms with van der Waals surface area (Å²) >= 11 is 1.53. The number of carboxylic acid groups (broad SMARTS) is 1. The Kier molecular flexibility index (Phi) is 14.9. The molecular weight excluding hydrogens is 256 g/mol. The SMILES string of the molecule is CCC#CCCCCCCCCCCSCC(=O)O. The molecule has 0 aromatic carbocycles. The van der Waals surface area contributed by atoms with E-state index in [9.17, 15) is 4.79 Å². The topological polar surface area (TPSA) is 37.3 Å². The highest BCUT2D eigenvalue weighted by Gasteiger charge is 1.96. The van der Waals surface area contributed by atoms with Gasteiger partial charge in [-0.2, -0.15) is 11.8 Å². The third-order valence-corrected chi connectivity index (χ3v) is 3.90. The minimum absolute atomic E-state index is 0.251. The molecule has 0 aromatic rings. The number of hydrogen-bond acceptors (Lipinski definition) is 2. The van der Waals surface area contributed by atoms with Crippen LogP contribution in [0.2, 0.25) is 0 Å². The third-order valence-electron chi connectivity index (χ3n) is 2.87. The van der Waals surface area contributed by atoms with Crippen molar-refractivity contribution in [2.24, 2.45) is 0 Å². The van der Waals surface area contributed by atoms with Gasteiger partial charge in [-0.1, -0.05) is 45.4 Å². The molecule has 0 unspecified atom stereocenters. The van der Waals surface area contributed by atoms with Gasteiger partial charge in [-0.3, -0.25) is 4.79 Å². The van der Waals surface area contributed by atoms with E-state index in [1.165, 1.54) is 56.7 Å². The molecule has 0 aliphatic rings. The van der Waals surface area contributed by atoms with Gasteiger partial charge in [-0.05, 0) is 18.6 Å². The summed E-state index contributed by atoms with van der Waals surface area (Å²) in [6.45, 7) is 2.09. The van der Waals surface area contributed by atoms with Crippen LogP contribution in [0.5, 0.6) is 0 Å². The van der Waals surface area contributed by atoms with Gasteiger partial charge in [0.2, 0.25) is 0 Å². The number of unbranched alkanes of at least 4 members (excludes halogenated alkanes) is 8. The second-order valence-corrected chi connectivity index (χ2v) is 5.84. The Hall–Kier alpha value is -0.620. The molecule has 0 bridgehead atoms. The van der Waals surface area contributed by atoms with E-state index in [-0.39, 0.29) is 5.75 Å². The van der Waals surface area contributed by atoms with E-state index in [0.717, 1.165) is 25.0 Å². The van der Waals surface area contributed by atoms with Crippen LogP contribution in [0.3, 0.4) is 0 Å². The molecule has 19 heavy (non-hydrogen) atoms. The van der Waals surface area contributed by atoms with E-state index >= 15 is 0 Å². The van der Waals surface area contributed by atoms with Crippen LogP contribution in [-0.4, -0.2) is 22.6 Å². The maximum atomic E-state index is 10.3. The molecule has 0 aliphatic heterocycles. The second-order valence-electron chi connectivity index (χ2n) is 4.73. The molecule has 3 heteroatoms. The van der Waals surface area contributed by atoms with Gasteiger partial charge in [0.25, 0.3) is 0 Å². The molecule has 0 amide bonds. The molecule has 0 aliphatic carbocycles. The van der Waals surface area contributed by atoms with Gasteiger partial charge in [0.05, 0.1) is 5.75 Å². The van der Waals surface area contributed by atoms with Crippen LogP contribution < -0.4 is 0 Å². The molecule has 0 radical (unpaired) electrons. The fourth-order valence-corrected chi connectivity index (χ4v) is 2.58. The van der Waals surface area contributed by atoms with Gasteiger partial charge < -0.3 is 5.11 Å². The predicted molar refractivity (Wildman–Crippen MR) is 84.6 cm³/mol. The monoisotopic (exact) mass is 284 g/mol. The van der Waals surface area contributed by atoms with Gasteiger partial charge in [0.1, 0.15) is 0 Å². The zero-order valence-corrected chi connectivity index (χ0v) is 13.1. The van der Waals surface area contributed by atoms with E-state index in [4.69, 9.17) is 5.11 Å². The van der Waals surface area contributed by atoms with Gasteiger partial charge in [0.15, 0.2) is 0 Å². The fraction of sp³-hybridized carbons (Fsp3) is 0.812. The van der Waals surface area contributed by atoms with Crippen molar-refractivity contribution in [3.8, 4) is 11.8 Å². The van der Waals surface area contributed by atoms with Crippen LogP contribution in [-0.2, 0) is 4.79 Å². The number of hydrogen-bond donors (Lipinski definition) is 1. The summed E-state index contributed by atoms with van der Waals surface area (Å²) in [7, 11) is 0. The first-order valence-electron chi connectivity index (χ1n) is 7.52. The van der Waals surface area contributed by atoms with Crippen LogP contribution in [0.4, 0.5) is 0 Å². The molecule has 0 saturated carbocycles. The second kappa shape index (κ2) is 15.4. The average molecular weight is 284 g/mol. The molecule has 2 nitrogen and oxygen atoms in total. The van der Waals surface area contributed by atoms with E-state index < -0.39 is 5.97 Å². The average Bonchev–Trinajstić information content (AvgIpc) is 2.39. The van der Waals surface area contributed by atoms with Gasteiger partial charge in [-0.15, -0.1) is 11.8 Å². The Morgan fingerprint density at radius 1 is 0.947 bits per heavy atom. The lowest BCUT2D eigenvalue weighted by atomic mass is 10.1. The molecule has 0 saturated heterocycles. The first kappa shape index (κ1) is 18.4. The van der Waals surface area contributed by atoms with Crippen molar-refractivity contribution in [1.29, 1.82) is 0 Å². The summed E-state index contributed by atoms with van der Waals surface area (Å²) in [5, 5.41) is 8.48. The van der Waals surface area contributed by atoms with E-state index in [1.54, 1.807) is 0 Å². The summed E-state index contributed by atoms with van der Waals surface area (Å²) in [4.78, 5) is 10.3. The highest BCUT2D eigenvalue weighted by molar-refractivity contribution is 7.99. The van der Waals surface area contributed by atoms with Gasteiger partial charge in [0, 0.05) is 12.8 Å². The summed E-state index contributed by atoms with van der Waals surface area (Å²) < 4.78 is 0. The van der Waals surface area contributed by atoms with E-state index in [0.29, 0.717) is 0 Å². The first-order valence-corrected chi connectivity index (χ1v) is 8.68. The largest absolute Gasteiger partial charge is 0.481 e. The van der Waals surface area contributed by atoms with Gasteiger partial charge >= 0.3 is 5.97 Å². The molecule has 0 atom stereocenters. The zero-order valence-electron chi connectivity index (χ0n) is 12.2. The molecule has 1 N–H and O–H groups in total. The van der Waals surface area contributed by atoms with E-state index in [2.05, 4.69) is 18.8 Å². The number of thioether (sulfide) groups is 1. The molecule has 0 rings (SSSR count). The van der Waals surface area contributed by atoms with Crippen LogP contribution >= 0.6 is 11.8 Å². The lowest BCUT2D eigenvalue weighted by Gasteiger charge is -2.01. The molecule has 110 valence electrons. The van der Waals surface area contributed by atoms with Crippen molar-refractivity contribution < 1.29 is 9.90 Å². The molecule has 0 aromatic heterocycles. The molecule has 0 heterocycles. The quantitative estimate of drug-likeness (QED) is 0.416. The number of carboxylic acids is 1.